The molecule has 0 aliphatic carbocycles. The molecule has 0 spiro atoms. The summed E-state index contributed by atoms with van der Waals surface area (Å²) < 4.78 is 0. The van der Waals surface area contributed by atoms with Crippen molar-refractivity contribution in [3.63, 3.8) is 0 Å². The van der Waals surface area contributed by atoms with Crippen LogP contribution in [0.5, 0.6) is 0 Å². The van der Waals surface area contributed by atoms with Crippen LogP contribution in [0.2, 0.25) is 0 Å². The molecular weight excluding hydrogens is 476 g/mol. The van der Waals surface area contributed by atoms with Crippen LogP contribution >= 0.6 is 0 Å². The number of nitrogens with zero attached hydrogens (tertiary/aromatic N) is 4. The van der Waals surface area contributed by atoms with Crippen molar-refractivity contribution in [3.8, 4) is 0 Å². The van der Waals surface area contributed by atoms with E-state index in [1.54, 1.807) is 12.1 Å². The van der Waals surface area contributed by atoms with Gasteiger partial charge in [0.25, 0.3) is 11.8 Å². The van der Waals surface area contributed by atoms with Crippen LogP contribution in [0.15, 0.2) is 18.2 Å². The van der Waals surface area contributed by atoms with E-state index in [1.165, 1.54) is 0 Å². The fraction of sp³-hybridized carbons (Fsp3) is 0.577. The lowest BCUT2D eigenvalue weighted by Gasteiger charge is -2.36. The largest absolute Gasteiger partial charge is 0.369 e. The Labute approximate surface area is 215 Å². The van der Waals surface area contributed by atoms with Crippen molar-refractivity contribution < 1.29 is 24.0 Å². The molecule has 1 unspecified atom stereocenters. The van der Waals surface area contributed by atoms with E-state index in [-0.39, 0.29) is 30.7 Å². The maximum absolute atomic E-state index is 13.1. The number of imide groups is 2. The zero-order valence-electron chi connectivity index (χ0n) is 21.0. The number of benzene rings is 1. The molecule has 37 heavy (non-hydrogen) atoms. The van der Waals surface area contributed by atoms with Crippen molar-refractivity contribution >= 4 is 35.2 Å². The molecule has 5 amide bonds. The number of anilines is 1. The van der Waals surface area contributed by atoms with Crippen molar-refractivity contribution in [2.45, 2.75) is 50.6 Å². The minimum Gasteiger partial charge on any atom is -0.369 e. The number of piperazine rings is 1. The number of rotatable bonds is 7. The number of likely N-dealkylation sites (tertiary alicyclic amines) is 1. The van der Waals surface area contributed by atoms with Crippen molar-refractivity contribution in [1.82, 2.24) is 20.0 Å². The highest BCUT2D eigenvalue weighted by atomic mass is 16.2. The molecule has 1 aromatic carbocycles. The molecule has 198 valence electrons. The van der Waals surface area contributed by atoms with E-state index in [4.69, 9.17) is 5.73 Å². The molecule has 5 rings (SSSR count). The molecule has 3 fully saturated rings. The second-order valence-corrected chi connectivity index (χ2v) is 10.4. The van der Waals surface area contributed by atoms with Crippen molar-refractivity contribution in [2.24, 2.45) is 5.73 Å². The van der Waals surface area contributed by atoms with Crippen molar-refractivity contribution in [1.29, 1.82) is 0 Å². The Kier molecular flexibility index (Phi) is 7.25. The molecule has 11 nitrogen and oxygen atoms in total. The van der Waals surface area contributed by atoms with E-state index >= 15 is 0 Å². The van der Waals surface area contributed by atoms with E-state index in [0.717, 1.165) is 69.1 Å². The third kappa shape index (κ3) is 5.24. The van der Waals surface area contributed by atoms with Gasteiger partial charge in [0.1, 0.15) is 6.04 Å². The zero-order valence-corrected chi connectivity index (χ0v) is 21.0. The van der Waals surface area contributed by atoms with E-state index in [0.29, 0.717) is 24.1 Å². The Balaban J connectivity index is 1.11. The van der Waals surface area contributed by atoms with Crippen LogP contribution < -0.4 is 16.0 Å². The lowest BCUT2D eigenvalue weighted by Crippen LogP contribution is -2.54. The summed E-state index contributed by atoms with van der Waals surface area (Å²) in [5.41, 5.74) is 7.36. The Morgan fingerprint density at radius 3 is 2.41 bits per heavy atom. The minimum atomic E-state index is -0.958. The molecule has 4 aliphatic rings. The highest BCUT2D eigenvalue weighted by Gasteiger charge is 2.44. The lowest BCUT2D eigenvalue weighted by molar-refractivity contribution is -0.136. The lowest BCUT2D eigenvalue weighted by atomic mass is 10.0. The van der Waals surface area contributed by atoms with Gasteiger partial charge in [-0.3, -0.25) is 39.1 Å². The first kappa shape index (κ1) is 25.3. The van der Waals surface area contributed by atoms with Crippen LogP contribution in [0.3, 0.4) is 0 Å². The molecule has 3 N–H and O–H groups in total. The highest BCUT2D eigenvalue weighted by molar-refractivity contribution is 6.23. The summed E-state index contributed by atoms with van der Waals surface area (Å²) in [7, 11) is 0. The van der Waals surface area contributed by atoms with Gasteiger partial charge in [0.2, 0.25) is 17.7 Å². The van der Waals surface area contributed by atoms with E-state index in [1.807, 2.05) is 11.0 Å². The monoisotopic (exact) mass is 510 g/mol. The van der Waals surface area contributed by atoms with Crippen LogP contribution in [0, 0.1) is 0 Å². The maximum Gasteiger partial charge on any atom is 0.262 e. The average Bonchev–Trinajstić information content (AvgIpc) is 3.43. The number of nitrogens with two attached hydrogens (primary N) is 1. The number of nitrogens with one attached hydrogen (secondary N) is 1. The van der Waals surface area contributed by atoms with Crippen LogP contribution in [0.25, 0.3) is 0 Å². The first-order valence-electron chi connectivity index (χ1n) is 13.2. The quantitative estimate of drug-likeness (QED) is 0.385. The molecule has 0 bridgehead atoms. The molecular formula is C26H34N6O5. The Morgan fingerprint density at radius 1 is 0.946 bits per heavy atom. The average molecular weight is 511 g/mol. The summed E-state index contributed by atoms with van der Waals surface area (Å²) in [5.74, 6) is -1.76. The van der Waals surface area contributed by atoms with Gasteiger partial charge in [-0.2, -0.15) is 0 Å². The SMILES string of the molecule is N[C@@H]1CCN(C(=O)CCCCN2CCN(c3ccc4c(c3)C(=O)N(C3CCC(=O)NC3=O)C4=O)CC2)C1. The number of piperidine rings is 1. The zero-order chi connectivity index (χ0) is 26.1. The Bertz CT molecular complexity index is 1110. The van der Waals surface area contributed by atoms with E-state index < -0.39 is 23.8 Å². The molecule has 1 aromatic rings. The molecule has 0 saturated carbocycles. The molecule has 0 aromatic heterocycles. The Hall–Kier alpha value is -3.31. The van der Waals surface area contributed by atoms with Crippen LogP contribution in [0.1, 0.15) is 59.2 Å². The fourth-order valence-electron chi connectivity index (χ4n) is 5.67. The van der Waals surface area contributed by atoms with Gasteiger partial charge in [-0.1, -0.05) is 0 Å². The normalized spacial score (nSPS) is 24.6. The summed E-state index contributed by atoms with van der Waals surface area (Å²) in [6.07, 6.45) is 3.55. The fourth-order valence-corrected chi connectivity index (χ4v) is 5.67. The minimum absolute atomic E-state index is 0.1000. The second kappa shape index (κ2) is 10.6. The van der Waals surface area contributed by atoms with Gasteiger partial charge < -0.3 is 15.5 Å². The van der Waals surface area contributed by atoms with Gasteiger partial charge in [0.05, 0.1) is 11.1 Å². The van der Waals surface area contributed by atoms with E-state index in [9.17, 15) is 24.0 Å². The summed E-state index contributed by atoms with van der Waals surface area (Å²) >= 11 is 0. The van der Waals surface area contributed by atoms with Gasteiger partial charge in [-0.15, -0.1) is 0 Å². The summed E-state index contributed by atoms with van der Waals surface area (Å²) in [5, 5.41) is 2.22. The van der Waals surface area contributed by atoms with Gasteiger partial charge in [0.15, 0.2) is 0 Å². The first-order valence-corrected chi connectivity index (χ1v) is 13.2. The van der Waals surface area contributed by atoms with Crippen molar-refractivity contribution in [3.05, 3.63) is 29.3 Å². The number of hydrogen-bond acceptors (Lipinski definition) is 8. The summed E-state index contributed by atoms with van der Waals surface area (Å²) in [6.45, 7) is 5.74. The molecule has 2 atom stereocenters. The summed E-state index contributed by atoms with van der Waals surface area (Å²) in [4.78, 5) is 69.5. The standard InChI is InChI=1S/C26H34N6O5/c27-17-8-10-31(16-17)23(34)3-1-2-9-29-11-13-30(14-12-29)18-4-5-19-20(15-18)26(37)32(25(19)36)21-6-7-22(33)28-24(21)35/h4-5,15,17,21H,1-3,6-14,16,27H2,(H,28,33,35)/t17-,21?/m1/s1. The number of carbonyl (C=O) groups excluding carboxylic acids is 5. The molecule has 4 heterocycles. The van der Waals surface area contributed by atoms with Gasteiger partial charge in [0, 0.05) is 63.8 Å². The molecule has 3 saturated heterocycles. The van der Waals surface area contributed by atoms with Gasteiger partial charge in [-0.25, -0.2) is 0 Å². The molecule has 0 radical (unpaired) electrons. The maximum atomic E-state index is 13.1. The predicted molar refractivity (Wildman–Crippen MR) is 135 cm³/mol. The number of fused-ring (bicyclic) bond motifs is 1. The third-order valence-corrected chi connectivity index (χ3v) is 7.85. The predicted octanol–water partition coefficient (Wildman–Crippen LogP) is -0.0603. The number of unbranched alkanes of at least 4 members (excludes halogenated alkanes) is 1. The van der Waals surface area contributed by atoms with Gasteiger partial charge >= 0.3 is 0 Å². The topological polar surface area (TPSA) is 136 Å². The van der Waals surface area contributed by atoms with Crippen LogP contribution in [-0.4, -0.2) is 102 Å². The molecule has 4 aliphatic heterocycles. The van der Waals surface area contributed by atoms with E-state index in [2.05, 4.69) is 15.1 Å². The van der Waals surface area contributed by atoms with Crippen LogP contribution in [0.4, 0.5) is 5.69 Å². The van der Waals surface area contributed by atoms with Crippen molar-refractivity contribution in [2.75, 3.05) is 50.7 Å². The highest BCUT2D eigenvalue weighted by Crippen LogP contribution is 2.31. The smallest absolute Gasteiger partial charge is 0.262 e. The summed E-state index contributed by atoms with van der Waals surface area (Å²) in [6, 6.07) is 4.42. The first-order chi connectivity index (χ1) is 17.8. The third-order valence-electron chi connectivity index (χ3n) is 7.85. The molecule has 11 heteroatoms. The number of amides is 5. The Morgan fingerprint density at radius 2 is 1.70 bits per heavy atom. The number of hydrogen-bond donors (Lipinski definition) is 2. The number of carbonyl (C=O) groups is 5. The van der Waals surface area contributed by atoms with Crippen LogP contribution in [-0.2, 0) is 14.4 Å². The second-order valence-electron chi connectivity index (χ2n) is 10.4. The van der Waals surface area contributed by atoms with Gasteiger partial charge in [-0.05, 0) is 50.4 Å².